The van der Waals surface area contributed by atoms with E-state index in [-0.39, 0.29) is 22.9 Å². The predicted octanol–water partition coefficient (Wildman–Crippen LogP) is 5.25. The second-order valence-corrected chi connectivity index (χ2v) is 8.31. The van der Waals surface area contributed by atoms with Gasteiger partial charge in [0.2, 0.25) is 0 Å². The van der Waals surface area contributed by atoms with Gasteiger partial charge >= 0.3 is 18.2 Å². The van der Waals surface area contributed by atoms with Crippen molar-refractivity contribution >= 4 is 23.7 Å². The highest BCUT2D eigenvalue weighted by Crippen LogP contribution is 2.38. The van der Waals surface area contributed by atoms with Crippen molar-refractivity contribution in [1.82, 2.24) is 4.90 Å². The van der Waals surface area contributed by atoms with Crippen molar-refractivity contribution in [2.24, 2.45) is 5.92 Å². The Kier molecular flexibility index (Phi) is 6.53. The van der Waals surface area contributed by atoms with E-state index in [1.54, 1.807) is 25.7 Å². The molecule has 1 N–H and O–H groups in total. The van der Waals surface area contributed by atoms with Crippen LogP contribution in [0.1, 0.15) is 55.1 Å². The number of nitrogens with zero attached hydrogens (tertiary/aromatic N) is 1. The highest BCUT2D eigenvalue weighted by molar-refractivity contribution is 6.31. The quantitative estimate of drug-likeness (QED) is 0.724. The summed E-state index contributed by atoms with van der Waals surface area (Å²) < 4.78 is 45.6. The normalized spacial score (nSPS) is 16.2. The average molecular weight is 422 g/mol. The van der Waals surface area contributed by atoms with E-state index in [0.29, 0.717) is 32.0 Å². The molecule has 1 aromatic carbocycles. The van der Waals surface area contributed by atoms with Gasteiger partial charge in [-0.3, -0.25) is 0 Å². The van der Waals surface area contributed by atoms with Gasteiger partial charge in [-0.15, -0.1) is 0 Å². The lowest BCUT2D eigenvalue weighted by atomic mass is 9.87. The molecule has 0 bridgehead atoms. The van der Waals surface area contributed by atoms with Crippen LogP contribution in [0.5, 0.6) is 0 Å². The monoisotopic (exact) mass is 421 g/mol. The smallest absolute Gasteiger partial charge is 0.416 e. The lowest BCUT2D eigenvalue weighted by molar-refractivity contribution is -0.138. The molecule has 5 nitrogen and oxygen atoms in total. The van der Waals surface area contributed by atoms with E-state index in [9.17, 15) is 22.8 Å². The fourth-order valence-corrected chi connectivity index (χ4v) is 3.45. The Labute approximate surface area is 166 Å². The van der Waals surface area contributed by atoms with Gasteiger partial charge in [-0.05, 0) is 63.6 Å². The number of rotatable bonds is 3. The maximum absolute atomic E-state index is 13.4. The number of amides is 1. The molecule has 1 aromatic rings. The van der Waals surface area contributed by atoms with Crippen LogP contribution in [0.4, 0.5) is 18.0 Å². The molecular weight excluding hydrogens is 399 g/mol. The Hall–Kier alpha value is -1.96. The number of benzene rings is 1. The third kappa shape index (κ3) is 5.77. The number of aromatic carboxylic acids is 1. The Morgan fingerprint density at radius 3 is 2.25 bits per heavy atom. The first-order chi connectivity index (χ1) is 12.8. The third-order valence-electron chi connectivity index (χ3n) is 4.51. The summed E-state index contributed by atoms with van der Waals surface area (Å²) in [6, 6.07) is 1.67. The number of ether oxygens (including phenoxy) is 1. The van der Waals surface area contributed by atoms with Crippen molar-refractivity contribution in [2.45, 2.75) is 51.8 Å². The number of halogens is 4. The van der Waals surface area contributed by atoms with Crippen LogP contribution in [-0.4, -0.2) is 40.8 Å². The summed E-state index contributed by atoms with van der Waals surface area (Å²) in [6.45, 7) is 6.05. The minimum atomic E-state index is -4.71. The number of likely N-dealkylation sites (tertiary alicyclic amines) is 1. The maximum atomic E-state index is 13.4. The summed E-state index contributed by atoms with van der Waals surface area (Å²) >= 11 is 6.01. The van der Waals surface area contributed by atoms with Gasteiger partial charge in [-0.25, -0.2) is 9.59 Å². The van der Waals surface area contributed by atoms with E-state index >= 15 is 0 Å². The van der Waals surface area contributed by atoms with Crippen LogP contribution in [0.2, 0.25) is 5.02 Å². The van der Waals surface area contributed by atoms with Crippen LogP contribution in [0.25, 0.3) is 0 Å². The van der Waals surface area contributed by atoms with Crippen molar-refractivity contribution in [3.63, 3.8) is 0 Å². The van der Waals surface area contributed by atoms with E-state index in [1.165, 1.54) is 0 Å². The number of hydrogen-bond donors (Lipinski definition) is 1. The second-order valence-electron chi connectivity index (χ2n) is 7.90. The molecule has 1 aliphatic heterocycles. The molecule has 9 heteroatoms. The van der Waals surface area contributed by atoms with Crippen LogP contribution < -0.4 is 0 Å². The van der Waals surface area contributed by atoms with Crippen molar-refractivity contribution < 1.29 is 32.6 Å². The summed E-state index contributed by atoms with van der Waals surface area (Å²) in [5.41, 5.74) is -2.24. The molecule has 0 radical (unpaired) electrons. The molecule has 1 saturated heterocycles. The first-order valence-corrected chi connectivity index (χ1v) is 9.26. The van der Waals surface area contributed by atoms with Gasteiger partial charge in [0.1, 0.15) is 5.60 Å². The minimum Gasteiger partial charge on any atom is -0.478 e. The molecule has 0 aromatic heterocycles. The lowest BCUT2D eigenvalue weighted by Gasteiger charge is -2.34. The number of carbonyl (C=O) groups excluding carboxylic acids is 1. The summed E-state index contributed by atoms with van der Waals surface area (Å²) in [6.07, 6.45) is -4.07. The molecule has 156 valence electrons. The minimum absolute atomic E-state index is 0.0652. The first kappa shape index (κ1) is 22.3. The van der Waals surface area contributed by atoms with Crippen LogP contribution >= 0.6 is 11.6 Å². The SMILES string of the molecule is CC(C)(C)OC(=O)N1CCC(Cc2c(Cl)cc(C(=O)O)cc2C(F)(F)F)CC1. The summed E-state index contributed by atoms with van der Waals surface area (Å²) in [5.74, 6) is -1.57. The van der Waals surface area contributed by atoms with Crippen LogP contribution in [0.15, 0.2) is 12.1 Å². The zero-order chi connectivity index (χ0) is 21.3. The first-order valence-electron chi connectivity index (χ1n) is 8.89. The zero-order valence-electron chi connectivity index (χ0n) is 15.9. The molecule has 1 fully saturated rings. The second kappa shape index (κ2) is 8.19. The maximum Gasteiger partial charge on any atom is 0.416 e. The van der Waals surface area contributed by atoms with E-state index in [1.807, 2.05) is 0 Å². The van der Waals surface area contributed by atoms with Gasteiger partial charge in [0.25, 0.3) is 0 Å². The molecule has 1 aliphatic rings. The fraction of sp³-hybridized carbons (Fsp3) is 0.579. The Morgan fingerprint density at radius 1 is 1.21 bits per heavy atom. The molecule has 1 heterocycles. The van der Waals surface area contributed by atoms with Crippen molar-refractivity contribution in [2.75, 3.05) is 13.1 Å². The fourth-order valence-electron chi connectivity index (χ4n) is 3.16. The van der Waals surface area contributed by atoms with E-state index in [4.69, 9.17) is 21.4 Å². The molecule has 2 rings (SSSR count). The van der Waals surface area contributed by atoms with Crippen molar-refractivity contribution in [1.29, 1.82) is 0 Å². The lowest BCUT2D eigenvalue weighted by Crippen LogP contribution is -2.42. The Bertz CT molecular complexity index is 751. The third-order valence-corrected chi connectivity index (χ3v) is 4.84. The molecule has 0 unspecified atom stereocenters. The predicted molar refractivity (Wildman–Crippen MR) is 97.6 cm³/mol. The largest absolute Gasteiger partial charge is 0.478 e. The van der Waals surface area contributed by atoms with Gasteiger partial charge < -0.3 is 14.7 Å². The molecule has 1 amide bonds. The van der Waals surface area contributed by atoms with Gasteiger partial charge in [-0.2, -0.15) is 13.2 Å². The molecule has 0 saturated carbocycles. The zero-order valence-corrected chi connectivity index (χ0v) is 16.7. The number of carbonyl (C=O) groups is 2. The molecule has 0 atom stereocenters. The highest BCUT2D eigenvalue weighted by atomic mass is 35.5. The summed E-state index contributed by atoms with van der Waals surface area (Å²) in [7, 11) is 0. The van der Waals surface area contributed by atoms with Crippen molar-refractivity contribution in [3.8, 4) is 0 Å². The van der Waals surface area contributed by atoms with Gasteiger partial charge in [0.05, 0.1) is 11.1 Å². The molecule has 28 heavy (non-hydrogen) atoms. The van der Waals surface area contributed by atoms with E-state index < -0.39 is 35.0 Å². The number of carboxylic acid groups (broad SMARTS) is 1. The van der Waals surface area contributed by atoms with Gasteiger partial charge in [0, 0.05) is 18.1 Å². The number of alkyl halides is 3. The summed E-state index contributed by atoms with van der Waals surface area (Å²) in [4.78, 5) is 24.7. The highest BCUT2D eigenvalue weighted by Gasteiger charge is 2.36. The molecule has 0 spiro atoms. The average Bonchev–Trinajstić information content (AvgIpc) is 2.54. The Balaban J connectivity index is 2.13. The number of piperidine rings is 1. The molecule has 0 aliphatic carbocycles. The molecular formula is C19H23ClF3NO4. The number of hydrogen-bond acceptors (Lipinski definition) is 3. The van der Waals surface area contributed by atoms with Crippen LogP contribution in [-0.2, 0) is 17.3 Å². The topological polar surface area (TPSA) is 66.8 Å². The van der Waals surface area contributed by atoms with Crippen molar-refractivity contribution in [3.05, 3.63) is 33.8 Å². The standard InChI is InChI=1S/C19H23ClF3NO4/c1-18(2,3)28-17(27)24-6-4-11(5-7-24)8-13-14(19(21,22)23)9-12(16(25)26)10-15(13)20/h9-11H,4-8H2,1-3H3,(H,25,26). The summed E-state index contributed by atoms with van der Waals surface area (Å²) in [5, 5.41) is 8.79. The van der Waals surface area contributed by atoms with Gasteiger partial charge in [0.15, 0.2) is 0 Å². The van der Waals surface area contributed by atoms with E-state index in [0.717, 1.165) is 6.07 Å². The van der Waals surface area contributed by atoms with Gasteiger partial charge in [-0.1, -0.05) is 11.6 Å². The Morgan fingerprint density at radius 2 is 1.79 bits per heavy atom. The number of carboxylic acids is 1. The van der Waals surface area contributed by atoms with Crippen LogP contribution in [0, 0.1) is 5.92 Å². The van der Waals surface area contributed by atoms with Crippen LogP contribution in [0.3, 0.4) is 0 Å². The van der Waals surface area contributed by atoms with E-state index in [2.05, 4.69) is 0 Å².